The van der Waals surface area contributed by atoms with E-state index in [-0.39, 0.29) is 22.4 Å². The molecule has 3 rings (SSSR count). The third kappa shape index (κ3) is 3.74. The maximum Gasteiger partial charge on any atom is 0 e. The summed E-state index contributed by atoms with van der Waals surface area (Å²) in [4.78, 5) is 0. The Morgan fingerprint density at radius 2 is 0.952 bits per heavy atom. The van der Waals surface area contributed by atoms with E-state index in [4.69, 9.17) is 0 Å². The van der Waals surface area contributed by atoms with Crippen molar-refractivity contribution in [3.8, 4) is 22.3 Å². The SMILES string of the molecule is Cc1ccc(-c2[c-]c(-c3ccc(C)cc3)ccc2)cc1.[Ta]. The molecule has 0 saturated heterocycles. The van der Waals surface area contributed by atoms with E-state index in [0.717, 1.165) is 11.1 Å². The average Bonchev–Trinajstić information content (AvgIpc) is 2.49. The number of rotatable bonds is 2. The molecule has 0 atom stereocenters. The Bertz CT molecular complexity index is 649. The summed E-state index contributed by atoms with van der Waals surface area (Å²) in [5.41, 5.74) is 7.27. The van der Waals surface area contributed by atoms with Crippen molar-refractivity contribution in [1.82, 2.24) is 0 Å². The van der Waals surface area contributed by atoms with Crippen LogP contribution in [-0.4, -0.2) is 0 Å². The summed E-state index contributed by atoms with van der Waals surface area (Å²) < 4.78 is 0. The van der Waals surface area contributed by atoms with Crippen molar-refractivity contribution in [3.05, 3.63) is 83.9 Å². The van der Waals surface area contributed by atoms with Crippen LogP contribution in [0.1, 0.15) is 11.1 Å². The molecule has 0 spiro atoms. The summed E-state index contributed by atoms with van der Waals surface area (Å²) in [7, 11) is 0. The molecule has 0 bridgehead atoms. The molecule has 0 aliphatic rings. The Kier molecular flexibility index (Phi) is 5.19. The Hall–Kier alpha value is -1.60. The van der Waals surface area contributed by atoms with Gasteiger partial charge in [0.15, 0.2) is 0 Å². The minimum absolute atomic E-state index is 0. The second-order valence-corrected chi connectivity index (χ2v) is 5.21. The average molecular weight is 438 g/mol. The molecule has 103 valence electrons. The first-order chi connectivity index (χ1) is 9.72. The van der Waals surface area contributed by atoms with Gasteiger partial charge in [-0.3, -0.25) is 0 Å². The molecule has 3 aromatic rings. The first-order valence-corrected chi connectivity index (χ1v) is 6.89. The van der Waals surface area contributed by atoms with Gasteiger partial charge in [-0.1, -0.05) is 70.8 Å². The smallest absolute Gasteiger partial charge is 0 e. The molecule has 1 heteroatoms. The Morgan fingerprint density at radius 1 is 0.571 bits per heavy atom. The molecule has 0 aliphatic heterocycles. The fourth-order valence-electron chi connectivity index (χ4n) is 2.27. The van der Waals surface area contributed by atoms with Crippen molar-refractivity contribution in [2.24, 2.45) is 0 Å². The standard InChI is InChI=1S/C20H17.Ta/c1-15-6-10-17(11-7-15)19-4-3-5-20(14-19)18-12-8-16(2)9-13-18;/h3-13H,1-2H3;/q-1;. The van der Waals surface area contributed by atoms with Crippen LogP contribution >= 0.6 is 0 Å². The third-order valence-electron chi connectivity index (χ3n) is 3.52. The maximum absolute atomic E-state index is 3.52. The van der Waals surface area contributed by atoms with Crippen molar-refractivity contribution < 1.29 is 22.4 Å². The van der Waals surface area contributed by atoms with Crippen LogP contribution in [0.4, 0.5) is 0 Å². The van der Waals surface area contributed by atoms with Crippen LogP contribution in [0.5, 0.6) is 0 Å². The zero-order valence-electron chi connectivity index (χ0n) is 12.3. The van der Waals surface area contributed by atoms with Crippen LogP contribution in [0.15, 0.2) is 66.7 Å². The minimum atomic E-state index is 0. The van der Waals surface area contributed by atoms with E-state index in [9.17, 15) is 0 Å². The zero-order chi connectivity index (χ0) is 13.9. The molecule has 0 saturated carbocycles. The summed E-state index contributed by atoms with van der Waals surface area (Å²) in [5.74, 6) is 0. The summed E-state index contributed by atoms with van der Waals surface area (Å²) >= 11 is 0. The molecule has 0 nitrogen and oxygen atoms in total. The normalized spacial score (nSPS) is 10.0. The number of hydrogen-bond donors (Lipinski definition) is 0. The van der Waals surface area contributed by atoms with E-state index < -0.39 is 0 Å². The van der Waals surface area contributed by atoms with E-state index in [1.807, 2.05) is 0 Å². The molecule has 0 aromatic heterocycles. The second kappa shape index (κ2) is 6.91. The van der Waals surface area contributed by atoms with Gasteiger partial charge in [0.2, 0.25) is 0 Å². The van der Waals surface area contributed by atoms with E-state index in [1.54, 1.807) is 0 Å². The van der Waals surface area contributed by atoms with Crippen LogP contribution in [-0.2, 0) is 22.4 Å². The third-order valence-corrected chi connectivity index (χ3v) is 3.52. The summed E-state index contributed by atoms with van der Waals surface area (Å²) in [6, 6.07) is 27.0. The van der Waals surface area contributed by atoms with E-state index >= 15 is 0 Å². The van der Waals surface area contributed by atoms with Gasteiger partial charge >= 0.3 is 0 Å². The summed E-state index contributed by atoms with van der Waals surface area (Å²) in [6.45, 7) is 4.21. The monoisotopic (exact) mass is 438 g/mol. The van der Waals surface area contributed by atoms with Gasteiger partial charge in [-0.2, -0.15) is 0 Å². The van der Waals surface area contributed by atoms with Crippen molar-refractivity contribution >= 4 is 0 Å². The van der Waals surface area contributed by atoms with Crippen LogP contribution in [0.2, 0.25) is 0 Å². The van der Waals surface area contributed by atoms with Gasteiger partial charge in [-0.25, -0.2) is 0 Å². The van der Waals surface area contributed by atoms with Crippen LogP contribution in [0.3, 0.4) is 0 Å². The quantitative estimate of drug-likeness (QED) is 0.468. The largest absolute Gasteiger partial charge is 0.129 e. The summed E-state index contributed by atoms with van der Waals surface area (Å²) in [6.07, 6.45) is 0. The van der Waals surface area contributed by atoms with Crippen LogP contribution < -0.4 is 0 Å². The van der Waals surface area contributed by atoms with Crippen LogP contribution in [0.25, 0.3) is 22.3 Å². The number of hydrogen-bond acceptors (Lipinski definition) is 0. The first kappa shape index (κ1) is 15.8. The molecule has 0 amide bonds. The molecule has 0 heterocycles. The summed E-state index contributed by atoms with van der Waals surface area (Å²) in [5, 5.41) is 0. The van der Waals surface area contributed by atoms with E-state index in [1.165, 1.54) is 22.3 Å². The topological polar surface area (TPSA) is 0 Å². The van der Waals surface area contributed by atoms with Gasteiger partial charge < -0.3 is 0 Å². The molecule has 0 aliphatic carbocycles. The first-order valence-electron chi connectivity index (χ1n) is 6.89. The molecule has 0 N–H and O–H groups in total. The Labute approximate surface area is 142 Å². The van der Waals surface area contributed by atoms with E-state index in [2.05, 4.69) is 86.6 Å². The molecule has 1 radical (unpaired) electrons. The van der Waals surface area contributed by atoms with E-state index in [0.29, 0.717) is 0 Å². The fourth-order valence-corrected chi connectivity index (χ4v) is 2.27. The molecule has 0 unspecified atom stereocenters. The molecule has 3 aromatic carbocycles. The Balaban J connectivity index is 0.00000161. The van der Waals surface area contributed by atoms with Crippen molar-refractivity contribution in [2.75, 3.05) is 0 Å². The van der Waals surface area contributed by atoms with Gasteiger partial charge in [-0.15, -0.1) is 35.4 Å². The number of aryl methyl sites for hydroxylation is 2. The van der Waals surface area contributed by atoms with Crippen LogP contribution in [0, 0.1) is 19.9 Å². The number of benzene rings is 3. The van der Waals surface area contributed by atoms with Gasteiger partial charge in [0.1, 0.15) is 0 Å². The second-order valence-electron chi connectivity index (χ2n) is 5.21. The maximum atomic E-state index is 3.52. The Morgan fingerprint density at radius 3 is 1.33 bits per heavy atom. The fraction of sp³-hybridized carbons (Fsp3) is 0.100. The van der Waals surface area contributed by atoms with Gasteiger partial charge in [0.05, 0.1) is 0 Å². The molecule has 21 heavy (non-hydrogen) atoms. The van der Waals surface area contributed by atoms with Gasteiger partial charge in [0.25, 0.3) is 0 Å². The molecule has 0 fully saturated rings. The van der Waals surface area contributed by atoms with Gasteiger partial charge in [-0.05, 0) is 13.8 Å². The zero-order valence-corrected chi connectivity index (χ0v) is 15.5. The van der Waals surface area contributed by atoms with Crippen molar-refractivity contribution in [2.45, 2.75) is 13.8 Å². The van der Waals surface area contributed by atoms with Crippen molar-refractivity contribution in [1.29, 1.82) is 0 Å². The van der Waals surface area contributed by atoms with Crippen molar-refractivity contribution in [3.63, 3.8) is 0 Å². The predicted octanol–water partition coefficient (Wildman–Crippen LogP) is 5.44. The minimum Gasteiger partial charge on any atom is -0.129 e. The van der Waals surface area contributed by atoms with Gasteiger partial charge in [0, 0.05) is 22.4 Å². The molecular formula is C20H17Ta-. The molecular weight excluding hydrogens is 421 g/mol. The predicted molar refractivity (Wildman–Crippen MR) is 85.6 cm³/mol.